The number of hydrogen-bond acceptors (Lipinski definition) is 1. The molecule has 0 aliphatic heterocycles. The van der Waals surface area contributed by atoms with Gasteiger partial charge in [-0.1, -0.05) is 67.6 Å². The first-order valence-electron chi connectivity index (χ1n) is 7.46. The van der Waals surface area contributed by atoms with Gasteiger partial charge in [-0.25, -0.2) is 0 Å². The van der Waals surface area contributed by atoms with Crippen LogP contribution in [0.3, 0.4) is 0 Å². The standard InChI is InChI=1S/C18H23O2P/c1-16(18-12-6-3-7-13-18)15-21(19,20)14-8-11-17-9-4-2-5-10-17/h2-7,9-10,12-13,16H,8,11,14-15H2,1H3,(H,19,20). The predicted octanol–water partition coefficient (Wildman–Crippen LogP) is 4.69. The van der Waals surface area contributed by atoms with Crippen molar-refractivity contribution in [2.45, 2.75) is 25.7 Å². The van der Waals surface area contributed by atoms with Gasteiger partial charge >= 0.3 is 0 Å². The van der Waals surface area contributed by atoms with Gasteiger partial charge in [0.15, 0.2) is 0 Å². The lowest BCUT2D eigenvalue weighted by molar-refractivity contribution is 0.471. The first-order chi connectivity index (χ1) is 10.1. The Morgan fingerprint density at radius 2 is 1.57 bits per heavy atom. The van der Waals surface area contributed by atoms with Crippen molar-refractivity contribution in [3.8, 4) is 0 Å². The molecule has 0 spiro atoms. The van der Waals surface area contributed by atoms with E-state index >= 15 is 0 Å². The van der Waals surface area contributed by atoms with E-state index < -0.39 is 7.37 Å². The summed E-state index contributed by atoms with van der Waals surface area (Å²) in [5.41, 5.74) is 2.36. The Hall–Kier alpha value is -1.37. The van der Waals surface area contributed by atoms with Gasteiger partial charge in [0.1, 0.15) is 0 Å². The lowest BCUT2D eigenvalue weighted by atomic mass is 10.0. The zero-order valence-corrected chi connectivity index (χ0v) is 13.4. The first-order valence-corrected chi connectivity index (χ1v) is 9.49. The van der Waals surface area contributed by atoms with E-state index in [0.29, 0.717) is 12.3 Å². The number of benzene rings is 2. The summed E-state index contributed by atoms with van der Waals surface area (Å²) < 4.78 is 12.3. The van der Waals surface area contributed by atoms with Gasteiger partial charge in [0, 0.05) is 12.3 Å². The van der Waals surface area contributed by atoms with E-state index in [-0.39, 0.29) is 5.92 Å². The van der Waals surface area contributed by atoms with Crippen molar-refractivity contribution < 1.29 is 9.46 Å². The molecule has 0 bridgehead atoms. The Labute approximate surface area is 127 Å². The highest BCUT2D eigenvalue weighted by molar-refractivity contribution is 7.58. The predicted molar refractivity (Wildman–Crippen MR) is 89.2 cm³/mol. The second kappa shape index (κ2) is 7.59. The van der Waals surface area contributed by atoms with Crippen LogP contribution < -0.4 is 0 Å². The van der Waals surface area contributed by atoms with E-state index in [0.717, 1.165) is 18.4 Å². The van der Waals surface area contributed by atoms with Crippen molar-refractivity contribution in [2.75, 3.05) is 12.3 Å². The largest absolute Gasteiger partial charge is 0.344 e. The van der Waals surface area contributed by atoms with Crippen molar-refractivity contribution in [1.82, 2.24) is 0 Å². The molecular weight excluding hydrogens is 279 g/mol. The molecule has 1 N–H and O–H groups in total. The fourth-order valence-corrected chi connectivity index (χ4v) is 4.48. The van der Waals surface area contributed by atoms with Crippen molar-refractivity contribution in [3.05, 3.63) is 71.8 Å². The molecule has 2 aromatic rings. The van der Waals surface area contributed by atoms with Crippen molar-refractivity contribution in [3.63, 3.8) is 0 Å². The van der Waals surface area contributed by atoms with Gasteiger partial charge in [-0.2, -0.15) is 0 Å². The van der Waals surface area contributed by atoms with Gasteiger partial charge in [0.05, 0.1) is 0 Å². The van der Waals surface area contributed by atoms with Crippen molar-refractivity contribution in [2.24, 2.45) is 0 Å². The monoisotopic (exact) mass is 302 g/mol. The smallest absolute Gasteiger partial charge is 0.201 e. The minimum Gasteiger partial charge on any atom is -0.344 e. The normalized spacial score (nSPS) is 15.3. The van der Waals surface area contributed by atoms with Crippen LogP contribution in [0.15, 0.2) is 60.7 Å². The third-order valence-corrected chi connectivity index (χ3v) is 5.88. The summed E-state index contributed by atoms with van der Waals surface area (Å²) in [6.07, 6.45) is 2.40. The lowest BCUT2D eigenvalue weighted by Crippen LogP contribution is -2.04. The molecule has 112 valence electrons. The molecule has 0 aliphatic carbocycles. The molecule has 0 aliphatic rings. The first kappa shape index (κ1) is 16.0. The average molecular weight is 302 g/mol. The van der Waals surface area contributed by atoms with Gasteiger partial charge in [-0.3, -0.25) is 4.57 Å². The minimum absolute atomic E-state index is 0.124. The number of rotatable bonds is 7. The third kappa shape index (κ3) is 5.49. The maximum absolute atomic E-state index is 12.3. The van der Waals surface area contributed by atoms with Gasteiger partial charge in [-0.05, 0) is 29.9 Å². The summed E-state index contributed by atoms with van der Waals surface area (Å²) in [5.74, 6) is 0.124. The van der Waals surface area contributed by atoms with E-state index in [1.54, 1.807) is 0 Å². The summed E-state index contributed by atoms with van der Waals surface area (Å²) in [6, 6.07) is 20.1. The van der Waals surface area contributed by atoms with Crippen molar-refractivity contribution >= 4 is 7.37 Å². The summed E-state index contributed by atoms with van der Waals surface area (Å²) in [6.45, 7) is 2.02. The van der Waals surface area contributed by atoms with Crippen LogP contribution in [0.25, 0.3) is 0 Å². The average Bonchev–Trinajstić information content (AvgIpc) is 2.48. The molecule has 0 heterocycles. The van der Waals surface area contributed by atoms with Crippen LogP contribution in [0.4, 0.5) is 0 Å². The van der Waals surface area contributed by atoms with Crippen LogP contribution in [0.2, 0.25) is 0 Å². The van der Waals surface area contributed by atoms with Crippen LogP contribution in [0, 0.1) is 0 Å². The maximum atomic E-state index is 12.3. The van der Waals surface area contributed by atoms with Crippen LogP contribution in [0.5, 0.6) is 0 Å². The third-order valence-electron chi connectivity index (χ3n) is 3.74. The fourth-order valence-electron chi connectivity index (χ4n) is 2.58. The SMILES string of the molecule is CC(CP(=O)(O)CCCc1ccccc1)c1ccccc1. The summed E-state index contributed by atoms with van der Waals surface area (Å²) >= 11 is 0. The zero-order valence-electron chi connectivity index (χ0n) is 12.5. The molecule has 2 rings (SSSR count). The van der Waals surface area contributed by atoms with Crippen LogP contribution in [-0.2, 0) is 11.0 Å². The number of hydrogen-bond donors (Lipinski definition) is 1. The molecule has 3 heteroatoms. The quantitative estimate of drug-likeness (QED) is 0.753. The molecule has 0 fully saturated rings. The molecule has 2 unspecified atom stereocenters. The van der Waals surface area contributed by atoms with Crippen LogP contribution in [-0.4, -0.2) is 17.2 Å². The Balaban J connectivity index is 1.83. The molecule has 2 aromatic carbocycles. The summed E-state index contributed by atoms with van der Waals surface area (Å²) in [7, 11) is -3.05. The Morgan fingerprint density at radius 1 is 1.00 bits per heavy atom. The van der Waals surface area contributed by atoms with Gasteiger partial charge in [0.2, 0.25) is 7.37 Å². The molecule has 0 radical (unpaired) electrons. The molecule has 21 heavy (non-hydrogen) atoms. The van der Waals surface area contributed by atoms with Crippen molar-refractivity contribution in [1.29, 1.82) is 0 Å². The van der Waals surface area contributed by atoms with E-state index in [4.69, 9.17) is 0 Å². The topological polar surface area (TPSA) is 37.3 Å². The molecule has 0 amide bonds. The van der Waals surface area contributed by atoms with Crippen LogP contribution >= 0.6 is 7.37 Å². The highest BCUT2D eigenvalue weighted by Gasteiger charge is 2.22. The fraction of sp³-hybridized carbons (Fsp3) is 0.333. The lowest BCUT2D eigenvalue weighted by Gasteiger charge is -2.17. The van der Waals surface area contributed by atoms with E-state index in [9.17, 15) is 9.46 Å². The van der Waals surface area contributed by atoms with Crippen LogP contribution in [0.1, 0.15) is 30.4 Å². The molecule has 0 saturated heterocycles. The summed E-state index contributed by atoms with van der Waals surface area (Å²) in [4.78, 5) is 10.2. The molecule has 2 atom stereocenters. The molecule has 0 aromatic heterocycles. The highest BCUT2D eigenvalue weighted by atomic mass is 31.2. The van der Waals surface area contributed by atoms with Gasteiger partial charge < -0.3 is 4.89 Å². The second-order valence-corrected chi connectivity index (χ2v) is 8.16. The molecule has 0 saturated carbocycles. The second-order valence-electron chi connectivity index (χ2n) is 5.65. The molecule has 2 nitrogen and oxygen atoms in total. The minimum atomic E-state index is -3.05. The van der Waals surface area contributed by atoms with Gasteiger partial charge in [-0.15, -0.1) is 0 Å². The number of aryl methyl sites for hydroxylation is 1. The Kier molecular flexibility index (Phi) is 5.78. The zero-order chi connectivity index (χ0) is 15.1. The molecular formula is C18H23O2P. The Morgan fingerprint density at radius 3 is 2.19 bits per heavy atom. The van der Waals surface area contributed by atoms with E-state index in [2.05, 4.69) is 12.1 Å². The highest BCUT2D eigenvalue weighted by Crippen LogP contribution is 2.45. The summed E-state index contributed by atoms with van der Waals surface area (Å²) in [5, 5.41) is 0. The van der Waals surface area contributed by atoms with E-state index in [1.165, 1.54) is 5.56 Å². The van der Waals surface area contributed by atoms with E-state index in [1.807, 2.05) is 55.5 Å². The Bertz CT molecular complexity index is 581. The van der Waals surface area contributed by atoms with Gasteiger partial charge in [0.25, 0.3) is 0 Å². The maximum Gasteiger partial charge on any atom is 0.201 e.